The maximum atomic E-state index is 4.64. The second kappa shape index (κ2) is 4.77. The zero-order valence-electron chi connectivity index (χ0n) is 9.79. The summed E-state index contributed by atoms with van der Waals surface area (Å²) in [6.07, 6.45) is 7.46. The third-order valence-electron chi connectivity index (χ3n) is 3.12. The molecule has 84 valence electrons. The van der Waals surface area contributed by atoms with Crippen molar-refractivity contribution < 1.29 is 0 Å². The second-order valence-electron chi connectivity index (χ2n) is 4.63. The van der Waals surface area contributed by atoms with Crippen LogP contribution in [0.3, 0.4) is 0 Å². The second-order valence-corrected chi connectivity index (χ2v) is 4.63. The van der Waals surface area contributed by atoms with Crippen LogP contribution in [-0.2, 0) is 0 Å². The fourth-order valence-corrected chi connectivity index (χ4v) is 2.11. The topological polar surface area (TPSA) is 41.6 Å². The van der Waals surface area contributed by atoms with Crippen molar-refractivity contribution in [1.82, 2.24) is 15.2 Å². The van der Waals surface area contributed by atoms with Gasteiger partial charge in [-0.25, -0.2) is 4.98 Å². The lowest BCUT2D eigenvalue weighted by molar-refractivity contribution is 0.535. The SMILES string of the molecule is CCCC(CCC)c1n[nH]c(C2CC2)n1. The molecule has 0 atom stereocenters. The van der Waals surface area contributed by atoms with E-state index >= 15 is 0 Å². The van der Waals surface area contributed by atoms with E-state index in [1.165, 1.54) is 38.5 Å². The Balaban J connectivity index is 2.03. The van der Waals surface area contributed by atoms with Gasteiger partial charge >= 0.3 is 0 Å². The molecule has 0 radical (unpaired) electrons. The minimum Gasteiger partial charge on any atom is -0.263 e. The summed E-state index contributed by atoms with van der Waals surface area (Å²) in [7, 11) is 0. The monoisotopic (exact) mass is 207 g/mol. The van der Waals surface area contributed by atoms with Crippen LogP contribution in [0.4, 0.5) is 0 Å². The van der Waals surface area contributed by atoms with Gasteiger partial charge in [-0.1, -0.05) is 26.7 Å². The average Bonchev–Trinajstić information content (AvgIpc) is 2.97. The molecule has 0 unspecified atom stereocenters. The maximum absolute atomic E-state index is 4.64. The van der Waals surface area contributed by atoms with Crippen LogP contribution in [0.2, 0.25) is 0 Å². The highest BCUT2D eigenvalue weighted by atomic mass is 15.2. The molecule has 0 spiro atoms. The highest BCUT2D eigenvalue weighted by molar-refractivity contribution is 5.07. The number of nitrogens with zero attached hydrogens (tertiary/aromatic N) is 2. The molecule has 2 rings (SSSR count). The minimum atomic E-state index is 0.573. The molecular formula is C12H21N3. The van der Waals surface area contributed by atoms with E-state index in [4.69, 9.17) is 0 Å². The van der Waals surface area contributed by atoms with E-state index in [1.54, 1.807) is 0 Å². The molecule has 0 amide bonds. The number of nitrogens with one attached hydrogen (secondary N) is 1. The molecule has 3 heteroatoms. The van der Waals surface area contributed by atoms with Crippen molar-refractivity contribution in [2.75, 3.05) is 0 Å². The van der Waals surface area contributed by atoms with Crippen molar-refractivity contribution in [1.29, 1.82) is 0 Å². The summed E-state index contributed by atoms with van der Waals surface area (Å²) in [5.41, 5.74) is 0. The molecule has 0 saturated heterocycles. The van der Waals surface area contributed by atoms with Crippen molar-refractivity contribution in [2.24, 2.45) is 0 Å². The highest BCUT2D eigenvalue weighted by Crippen LogP contribution is 2.38. The molecule has 1 fully saturated rings. The van der Waals surface area contributed by atoms with Crippen molar-refractivity contribution >= 4 is 0 Å². The van der Waals surface area contributed by atoms with E-state index in [0.29, 0.717) is 11.8 Å². The standard InChI is InChI=1S/C12H21N3/c1-3-5-9(6-4-2)11-13-12(15-14-11)10-7-8-10/h9-10H,3-8H2,1-2H3,(H,13,14,15). The lowest BCUT2D eigenvalue weighted by Gasteiger charge is -2.10. The van der Waals surface area contributed by atoms with Crippen LogP contribution < -0.4 is 0 Å². The van der Waals surface area contributed by atoms with E-state index in [2.05, 4.69) is 29.0 Å². The van der Waals surface area contributed by atoms with E-state index in [0.717, 1.165) is 11.6 Å². The van der Waals surface area contributed by atoms with E-state index in [-0.39, 0.29) is 0 Å². The molecule has 1 N–H and O–H groups in total. The van der Waals surface area contributed by atoms with Gasteiger partial charge in [-0.3, -0.25) is 5.10 Å². The van der Waals surface area contributed by atoms with Gasteiger partial charge in [0.2, 0.25) is 0 Å². The number of rotatable bonds is 6. The molecule has 1 heterocycles. The molecule has 1 aliphatic carbocycles. The molecule has 0 aromatic carbocycles. The molecule has 1 aliphatic rings. The third kappa shape index (κ3) is 2.58. The van der Waals surface area contributed by atoms with Crippen LogP contribution in [0, 0.1) is 0 Å². The number of hydrogen-bond acceptors (Lipinski definition) is 2. The predicted molar refractivity (Wildman–Crippen MR) is 60.9 cm³/mol. The normalized spacial score (nSPS) is 16.2. The van der Waals surface area contributed by atoms with Crippen LogP contribution in [0.1, 0.15) is 75.9 Å². The molecule has 1 saturated carbocycles. The molecule has 0 bridgehead atoms. The summed E-state index contributed by atoms with van der Waals surface area (Å²) < 4.78 is 0. The van der Waals surface area contributed by atoms with Crippen molar-refractivity contribution in [2.45, 2.75) is 64.2 Å². The molecule has 15 heavy (non-hydrogen) atoms. The van der Waals surface area contributed by atoms with Crippen LogP contribution in [0.15, 0.2) is 0 Å². The van der Waals surface area contributed by atoms with Gasteiger partial charge in [0, 0.05) is 11.8 Å². The summed E-state index contributed by atoms with van der Waals surface area (Å²) in [5, 5.41) is 7.48. The van der Waals surface area contributed by atoms with E-state index < -0.39 is 0 Å². The lowest BCUT2D eigenvalue weighted by Crippen LogP contribution is -2.00. The Morgan fingerprint density at radius 3 is 2.47 bits per heavy atom. The van der Waals surface area contributed by atoms with E-state index in [9.17, 15) is 0 Å². The van der Waals surface area contributed by atoms with Gasteiger partial charge in [0.05, 0.1) is 0 Å². The molecular weight excluding hydrogens is 186 g/mol. The Labute approximate surface area is 91.7 Å². The zero-order chi connectivity index (χ0) is 10.7. The lowest BCUT2D eigenvalue weighted by atomic mass is 9.98. The summed E-state index contributed by atoms with van der Waals surface area (Å²) >= 11 is 0. The van der Waals surface area contributed by atoms with Gasteiger partial charge in [-0.05, 0) is 25.7 Å². The first-order chi connectivity index (χ1) is 7.35. The Morgan fingerprint density at radius 1 is 1.27 bits per heavy atom. The van der Waals surface area contributed by atoms with Gasteiger partial charge in [0.25, 0.3) is 0 Å². The first kappa shape index (κ1) is 10.7. The minimum absolute atomic E-state index is 0.573. The maximum Gasteiger partial charge on any atom is 0.153 e. The van der Waals surface area contributed by atoms with Gasteiger partial charge in [0.15, 0.2) is 5.82 Å². The molecule has 1 aromatic rings. The first-order valence-electron chi connectivity index (χ1n) is 6.27. The van der Waals surface area contributed by atoms with Gasteiger partial charge in [-0.2, -0.15) is 5.10 Å². The predicted octanol–water partition coefficient (Wildman–Crippen LogP) is 3.37. The summed E-state index contributed by atoms with van der Waals surface area (Å²) in [6.45, 7) is 4.47. The van der Waals surface area contributed by atoms with Gasteiger partial charge < -0.3 is 0 Å². The molecule has 1 aromatic heterocycles. The van der Waals surface area contributed by atoms with Crippen molar-refractivity contribution in [3.8, 4) is 0 Å². The Hall–Kier alpha value is -0.860. The fourth-order valence-electron chi connectivity index (χ4n) is 2.11. The Kier molecular flexibility index (Phi) is 3.39. The highest BCUT2D eigenvalue weighted by Gasteiger charge is 2.28. The summed E-state index contributed by atoms with van der Waals surface area (Å²) in [6, 6.07) is 0. The molecule has 3 nitrogen and oxygen atoms in total. The van der Waals surface area contributed by atoms with Crippen LogP contribution in [0.5, 0.6) is 0 Å². The Bertz CT molecular complexity index is 296. The largest absolute Gasteiger partial charge is 0.263 e. The average molecular weight is 207 g/mol. The van der Waals surface area contributed by atoms with Crippen molar-refractivity contribution in [3.63, 3.8) is 0 Å². The first-order valence-corrected chi connectivity index (χ1v) is 6.27. The number of aromatic amines is 1. The van der Waals surface area contributed by atoms with Crippen molar-refractivity contribution in [3.05, 3.63) is 11.6 Å². The number of hydrogen-bond donors (Lipinski definition) is 1. The summed E-state index contributed by atoms with van der Waals surface area (Å²) in [5.74, 6) is 3.45. The quantitative estimate of drug-likeness (QED) is 0.777. The van der Waals surface area contributed by atoms with Gasteiger partial charge in [0.1, 0.15) is 5.82 Å². The zero-order valence-corrected chi connectivity index (χ0v) is 9.79. The van der Waals surface area contributed by atoms with Crippen LogP contribution >= 0.6 is 0 Å². The fraction of sp³-hybridized carbons (Fsp3) is 0.833. The van der Waals surface area contributed by atoms with Crippen LogP contribution in [0.25, 0.3) is 0 Å². The van der Waals surface area contributed by atoms with Gasteiger partial charge in [-0.15, -0.1) is 0 Å². The van der Waals surface area contributed by atoms with E-state index in [1.807, 2.05) is 0 Å². The Morgan fingerprint density at radius 2 is 1.93 bits per heavy atom. The third-order valence-corrected chi connectivity index (χ3v) is 3.12. The smallest absolute Gasteiger partial charge is 0.153 e. The number of H-pyrrole nitrogens is 1. The molecule has 0 aliphatic heterocycles. The van der Waals surface area contributed by atoms with Crippen LogP contribution in [-0.4, -0.2) is 15.2 Å². The number of aromatic nitrogens is 3. The summed E-state index contributed by atoms with van der Waals surface area (Å²) in [4.78, 5) is 4.64.